The molecular weight excluding hydrogens is 257 g/mol. The van der Waals surface area contributed by atoms with Gasteiger partial charge in [0.2, 0.25) is 5.91 Å². The van der Waals surface area contributed by atoms with E-state index in [1.165, 1.54) is 6.07 Å². The van der Waals surface area contributed by atoms with E-state index in [4.69, 9.17) is 4.42 Å². The zero-order valence-corrected chi connectivity index (χ0v) is 11.2. The van der Waals surface area contributed by atoms with Crippen LogP contribution in [-0.4, -0.2) is 5.91 Å². The zero-order valence-electron chi connectivity index (χ0n) is 11.2. The lowest BCUT2D eigenvalue weighted by molar-refractivity contribution is -0.122. The molecule has 20 heavy (non-hydrogen) atoms. The first-order valence-corrected chi connectivity index (χ1v) is 6.71. The number of amides is 1. The van der Waals surface area contributed by atoms with E-state index in [0.717, 1.165) is 17.7 Å². The number of rotatable bonds is 4. The molecule has 0 radical (unpaired) electrons. The van der Waals surface area contributed by atoms with Gasteiger partial charge in [-0.2, -0.15) is 0 Å². The van der Waals surface area contributed by atoms with Gasteiger partial charge in [-0.3, -0.25) is 4.79 Å². The smallest absolute Gasteiger partial charge is 0.224 e. The molecule has 2 atom stereocenters. The number of furan rings is 1. The van der Waals surface area contributed by atoms with Crippen molar-refractivity contribution in [2.75, 3.05) is 0 Å². The van der Waals surface area contributed by atoms with Gasteiger partial charge < -0.3 is 9.73 Å². The summed E-state index contributed by atoms with van der Waals surface area (Å²) in [5.74, 6) is 0.812. The third-order valence-corrected chi connectivity index (χ3v) is 3.74. The quantitative estimate of drug-likeness (QED) is 0.929. The summed E-state index contributed by atoms with van der Waals surface area (Å²) in [5, 5.41) is 2.85. The summed E-state index contributed by atoms with van der Waals surface area (Å²) in [6.07, 6.45) is 2.44. The first-order chi connectivity index (χ1) is 9.65. The van der Waals surface area contributed by atoms with Crippen molar-refractivity contribution in [2.24, 2.45) is 5.92 Å². The highest BCUT2D eigenvalue weighted by Gasteiger charge is 2.45. The Kier molecular flexibility index (Phi) is 3.30. The van der Waals surface area contributed by atoms with Crippen LogP contribution in [0.4, 0.5) is 4.39 Å². The molecule has 0 bridgehead atoms. The van der Waals surface area contributed by atoms with Crippen LogP contribution in [0.3, 0.4) is 0 Å². The molecule has 1 heterocycles. The molecule has 0 aliphatic heterocycles. The summed E-state index contributed by atoms with van der Waals surface area (Å²) in [4.78, 5) is 12.0. The molecule has 1 aliphatic rings. The lowest BCUT2D eigenvalue weighted by Gasteiger charge is -2.06. The highest BCUT2D eigenvalue weighted by Crippen LogP contribution is 2.47. The van der Waals surface area contributed by atoms with Crippen molar-refractivity contribution in [3.8, 4) is 0 Å². The van der Waals surface area contributed by atoms with Gasteiger partial charge in [0.25, 0.3) is 0 Å². The molecule has 1 saturated carbocycles. The average molecular weight is 273 g/mol. The Hall–Kier alpha value is -2.10. The molecule has 3 rings (SSSR count). The standard InChI is InChI=1S/C16H16FNO2/c1-10-4-5-11(7-14(10)17)9-18-16(19)13-8-12(13)15-3-2-6-20-15/h2-7,12-13H,8-9H2,1H3,(H,18,19). The number of carbonyl (C=O) groups excluding carboxylic acids is 1. The molecule has 2 unspecified atom stereocenters. The summed E-state index contributed by atoms with van der Waals surface area (Å²) in [7, 11) is 0. The van der Waals surface area contributed by atoms with Gasteiger partial charge in [0.05, 0.1) is 6.26 Å². The van der Waals surface area contributed by atoms with Crippen LogP contribution in [0.5, 0.6) is 0 Å². The van der Waals surface area contributed by atoms with E-state index < -0.39 is 0 Å². The molecule has 1 fully saturated rings. The normalized spacial score (nSPS) is 20.7. The Labute approximate surface area is 116 Å². The molecular formula is C16H16FNO2. The molecule has 1 aromatic carbocycles. The Morgan fingerprint density at radius 3 is 3.00 bits per heavy atom. The Balaban J connectivity index is 1.54. The highest BCUT2D eigenvalue weighted by atomic mass is 19.1. The predicted octanol–water partition coefficient (Wildman–Crippen LogP) is 3.15. The van der Waals surface area contributed by atoms with Crippen molar-refractivity contribution in [1.29, 1.82) is 0 Å². The van der Waals surface area contributed by atoms with Crippen LogP contribution in [0.2, 0.25) is 0 Å². The van der Waals surface area contributed by atoms with Gasteiger partial charge in [0, 0.05) is 18.4 Å². The van der Waals surface area contributed by atoms with Crippen molar-refractivity contribution in [3.05, 3.63) is 59.3 Å². The number of hydrogen-bond donors (Lipinski definition) is 1. The molecule has 1 aliphatic carbocycles. The van der Waals surface area contributed by atoms with Crippen LogP contribution in [0.25, 0.3) is 0 Å². The average Bonchev–Trinajstić information content (AvgIpc) is 3.06. The second-order valence-electron chi connectivity index (χ2n) is 5.27. The van der Waals surface area contributed by atoms with Gasteiger partial charge in [-0.15, -0.1) is 0 Å². The van der Waals surface area contributed by atoms with E-state index in [0.29, 0.717) is 12.1 Å². The van der Waals surface area contributed by atoms with Gasteiger partial charge in [0.1, 0.15) is 11.6 Å². The van der Waals surface area contributed by atoms with Crippen LogP contribution in [0.1, 0.15) is 29.2 Å². The molecule has 3 nitrogen and oxygen atoms in total. The summed E-state index contributed by atoms with van der Waals surface area (Å²) >= 11 is 0. The third kappa shape index (κ3) is 2.59. The minimum Gasteiger partial charge on any atom is -0.469 e. The van der Waals surface area contributed by atoms with Gasteiger partial charge in [-0.05, 0) is 42.7 Å². The monoisotopic (exact) mass is 273 g/mol. The number of halogens is 1. The Bertz CT molecular complexity index is 621. The van der Waals surface area contributed by atoms with Gasteiger partial charge in [-0.25, -0.2) is 4.39 Å². The van der Waals surface area contributed by atoms with Gasteiger partial charge in [0.15, 0.2) is 0 Å². The number of hydrogen-bond acceptors (Lipinski definition) is 2. The number of aryl methyl sites for hydroxylation is 1. The first-order valence-electron chi connectivity index (χ1n) is 6.71. The summed E-state index contributed by atoms with van der Waals surface area (Å²) in [6, 6.07) is 8.74. The maximum Gasteiger partial charge on any atom is 0.224 e. The van der Waals surface area contributed by atoms with E-state index in [2.05, 4.69) is 5.32 Å². The van der Waals surface area contributed by atoms with Crippen molar-refractivity contribution < 1.29 is 13.6 Å². The van der Waals surface area contributed by atoms with E-state index in [-0.39, 0.29) is 23.6 Å². The zero-order chi connectivity index (χ0) is 14.1. The van der Waals surface area contributed by atoms with E-state index in [1.807, 2.05) is 18.2 Å². The fraction of sp³-hybridized carbons (Fsp3) is 0.312. The predicted molar refractivity (Wildman–Crippen MR) is 72.5 cm³/mol. The topological polar surface area (TPSA) is 42.2 Å². The lowest BCUT2D eigenvalue weighted by Crippen LogP contribution is -2.24. The van der Waals surface area contributed by atoms with Crippen molar-refractivity contribution in [3.63, 3.8) is 0 Å². The van der Waals surface area contributed by atoms with Crippen molar-refractivity contribution >= 4 is 5.91 Å². The van der Waals surface area contributed by atoms with Crippen LogP contribution in [0, 0.1) is 18.7 Å². The Morgan fingerprint density at radius 1 is 1.45 bits per heavy atom. The van der Waals surface area contributed by atoms with Crippen molar-refractivity contribution in [2.45, 2.75) is 25.8 Å². The second-order valence-corrected chi connectivity index (χ2v) is 5.27. The van der Waals surface area contributed by atoms with E-state index in [9.17, 15) is 9.18 Å². The Morgan fingerprint density at radius 2 is 2.30 bits per heavy atom. The minimum absolute atomic E-state index is 0.00684. The lowest BCUT2D eigenvalue weighted by atomic mass is 10.1. The second kappa shape index (κ2) is 5.12. The first kappa shape index (κ1) is 12.9. The number of carbonyl (C=O) groups is 1. The molecule has 1 aromatic heterocycles. The SMILES string of the molecule is Cc1ccc(CNC(=O)C2CC2c2ccco2)cc1F. The molecule has 0 spiro atoms. The summed E-state index contributed by atoms with van der Waals surface area (Å²) < 4.78 is 18.7. The highest BCUT2D eigenvalue weighted by molar-refractivity contribution is 5.82. The number of nitrogens with one attached hydrogen (secondary N) is 1. The molecule has 2 aromatic rings. The van der Waals surface area contributed by atoms with E-state index >= 15 is 0 Å². The van der Waals surface area contributed by atoms with E-state index in [1.54, 1.807) is 19.3 Å². The molecule has 1 N–H and O–H groups in total. The van der Waals surface area contributed by atoms with Gasteiger partial charge in [-0.1, -0.05) is 12.1 Å². The van der Waals surface area contributed by atoms with Crippen molar-refractivity contribution in [1.82, 2.24) is 5.32 Å². The molecule has 104 valence electrons. The minimum atomic E-state index is -0.239. The largest absolute Gasteiger partial charge is 0.469 e. The molecule has 4 heteroatoms. The summed E-state index contributed by atoms with van der Waals surface area (Å²) in [6.45, 7) is 2.08. The van der Waals surface area contributed by atoms with Crippen LogP contribution < -0.4 is 5.32 Å². The van der Waals surface area contributed by atoms with Gasteiger partial charge >= 0.3 is 0 Å². The van der Waals surface area contributed by atoms with Crippen LogP contribution in [0.15, 0.2) is 41.0 Å². The summed E-state index contributed by atoms with van der Waals surface area (Å²) in [5.41, 5.74) is 1.39. The van der Waals surface area contributed by atoms with Crippen LogP contribution in [-0.2, 0) is 11.3 Å². The number of benzene rings is 1. The molecule has 1 amide bonds. The van der Waals surface area contributed by atoms with Crippen LogP contribution >= 0.6 is 0 Å². The fourth-order valence-electron chi connectivity index (χ4n) is 2.37. The third-order valence-electron chi connectivity index (χ3n) is 3.74. The maximum atomic E-state index is 13.4. The molecule has 0 saturated heterocycles. The maximum absolute atomic E-state index is 13.4. The fourth-order valence-corrected chi connectivity index (χ4v) is 2.37.